The van der Waals surface area contributed by atoms with E-state index < -0.39 is 107 Å². The summed E-state index contributed by atoms with van der Waals surface area (Å²) >= 11 is 0. The first-order valence-corrected chi connectivity index (χ1v) is 23.9. The minimum atomic E-state index is -1.15. The van der Waals surface area contributed by atoms with E-state index in [2.05, 4.69) is 0 Å². The largest absolute Gasteiger partial charge is 0.507 e. The van der Waals surface area contributed by atoms with E-state index in [0.717, 1.165) is 11.1 Å². The first-order chi connectivity index (χ1) is 36.9. The van der Waals surface area contributed by atoms with Gasteiger partial charge in [0.2, 0.25) is 16.9 Å². The van der Waals surface area contributed by atoms with Crippen molar-refractivity contribution in [3.8, 4) is 114 Å². The minimum absolute atomic E-state index is 0.0380. The molecule has 13 aromatic rings. The number of aryl methyl sites for hydroxylation is 3. The number of phenols is 12. The van der Waals surface area contributed by atoms with Crippen molar-refractivity contribution in [2.24, 2.45) is 0 Å². The summed E-state index contributed by atoms with van der Waals surface area (Å²) in [5.41, 5.74) is 0.543. The molecule has 0 atom stereocenters. The van der Waals surface area contributed by atoms with Gasteiger partial charge in [0.25, 0.3) is 0 Å². The van der Waals surface area contributed by atoms with E-state index in [1.807, 2.05) is 61.5 Å². The van der Waals surface area contributed by atoms with Crippen LogP contribution in [0.15, 0.2) is 94.1 Å². The Morgan fingerprint density at radius 3 is 1.52 bits per heavy atom. The van der Waals surface area contributed by atoms with Crippen LogP contribution in [0.25, 0.3) is 116 Å². The van der Waals surface area contributed by atoms with E-state index in [1.165, 1.54) is 15.9 Å². The van der Waals surface area contributed by atoms with Gasteiger partial charge < -0.3 is 75.1 Å². The number of hydrogen-bond acceptors (Lipinski definition) is 15. The Balaban J connectivity index is 1.17. The molecule has 0 amide bonds. The van der Waals surface area contributed by atoms with Gasteiger partial charge in [0.05, 0.1) is 43.7 Å². The minimum Gasteiger partial charge on any atom is -0.507 e. The van der Waals surface area contributed by atoms with E-state index in [9.17, 15) is 61.3 Å². The van der Waals surface area contributed by atoms with Crippen molar-refractivity contribution in [2.75, 3.05) is 0 Å². The number of aromatic nitrogens is 3. The summed E-state index contributed by atoms with van der Waals surface area (Å²) in [4.78, 5) is 0. The highest BCUT2D eigenvalue weighted by Crippen LogP contribution is 2.64. The molecule has 0 bridgehead atoms. The number of para-hydroxylation sites is 1. The lowest BCUT2D eigenvalue weighted by molar-refractivity contribution is 0.0880. The summed E-state index contributed by atoms with van der Waals surface area (Å²) in [5.74, 6) is -10.7. The van der Waals surface area contributed by atoms with Gasteiger partial charge in [-0.15, -0.1) is 0 Å². The van der Waals surface area contributed by atoms with Crippen LogP contribution in [0, 0.1) is 27.7 Å². The van der Waals surface area contributed by atoms with Crippen LogP contribution in [0.2, 0.25) is 0 Å². The first-order valence-electron chi connectivity index (χ1n) is 23.9. The number of hydrogen-bond donors (Lipinski definition) is 12. The van der Waals surface area contributed by atoms with E-state index in [4.69, 9.17) is 21.7 Å². The molecule has 19 heteroatoms. The third-order valence-electron chi connectivity index (χ3n) is 15.6. The molecule has 18 nitrogen and oxygen atoms in total. The Kier molecular flexibility index (Phi) is 8.68. The van der Waals surface area contributed by atoms with E-state index in [-0.39, 0.29) is 72.2 Å². The third-order valence-corrected chi connectivity index (χ3v) is 15.6. The molecule has 378 valence electrons. The highest BCUT2D eigenvalue weighted by Gasteiger charge is 2.40. The van der Waals surface area contributed by atoms with E-state index in [0.29, 0.717) is 33.3 Å². The van der Waals surface area contributed by atoms with Gasteiger partial charge in [-0.3, -0.25) is 13.6 Å². The van der Waals surface area contributed by atoms with Gasteiger partial charge in [-0.25, -0.2) is 0 Å². The summed E-state index contributed by atoms with van der Waals surface area (Å²) in [7, 11) is 6.39. The average Bonchev–Trinajstić information content (AvgIpc) is 4.30. The quantitative estimate of drug-likeness (QED) is 0.0338. The van der Waals surface area contributed by atoms with Gasteiger partial charge in [-0.2, -0.15) is 0 Å². The van der Waals surface area contributed by atoms with Crippen LogP contribution in [0.4, 0.5) is 0 Å². The molecule has 4 aromatic heterocycles. The Hall–Kier alpha value is -10.6. The summed E-state index contributed by atoms with van der Waals surface area (Å²) in [6.07, 6.45) is 0. The number of aromatic hydroxyl groups is 12. The molecule has 0 spiro atoms. The highest BCUT2D eigenvalue weighted by molar-refractivity contribution is 6.43. The molecular formula is C58H38BN3O15. The van der Waals surface area contributed by atoms with Crippen molar-refractivity contribution in [3.05, 3.63) is 107 Å². The normalized spacial score (nSPS) is 12.4. The predicted molar refractivity (Wildman–Crippen MR) is 287 cm³/mol. The first kappa shape index (κ1) is 45.1. The molecule has 0 unspecified atom stereocenters. The summed E-state index contributed by atoms with van der Waals surface area (Å²) < 4.78 is 23.3. The topological polar surface area (TPSA) is 293 Å². The average molecular weight is 1030 g/mol. The Labute approximate surface area is 431 Å². The number of rotatable bonds is 4. The van der Waals surface area contributed by atoms with Gasteiger partial charge in [-0.1, -0.05) is 60.7 Å². The number of phenolic OH excluding ortho intramolecular Hbond substituents is 12. The van der Waals surface area contributed by atoms with Crippen molar-refractivity contribution >= 4 is 95.4 Å². The third kappa shape index (κ3) is 5.23. The van der Waals surface area contributed by atoms with Crippen LogP contribution in [-0.2, 0) is 0 Å². The smallest absolute Gasteiger partial charge is 0.250 e. The molecule has 0 saturated heterocycles. The zero-order chi connectivity index (χ0) is 53.8. The summed E-state index contributed by atoms with van der Waals surface area (Å²) in [6, 6.07) is 25.2. The maximum atomic E-state index is 13.0. The highest BCUT2D eigenvalue weighted by atomic mass is 17.0. The maximum Gasteiger partial charge on any atom is 0.250 e. The van der Waals surface area contributed by atoms with Crippen LogP contribution in [0.5, 0.6) is 80.5 Å². The van der Waals surface area contributed by atoms with Gasteiger partial charge in [0.15, 0.2) is 57.5 Å². The number of benzene rings is 9. The van der Waals surface area contributed by atoms with Crippen molar-refractivity contribution in [3.63, 3.8) is 0 Å². The molecular weight excluding hydrogens is 989 g/mol. The Bertz CT molecular complexity index is 4950. The van der Waals surface area contributed by atoms with Gasteiger partial charge in [0.1, 0.15) is 52.7 Å². The molecule has 1 aliphatic heterocycles. The molecule has 5 heterocycles. The SMILES string of the molecule is [B]c1c(O)c(O)c(O)c2c3c(O)c(-c4c(O)c5ooc6c(O)c7c(c8c6n6c9c(c(O)c(O)c(C)c9c(c4O)c56)O8)c4c(C)c(O)c(C)c(C)c4n7-c4ccc(-c5ccccc5)cc4)c(O)c(O)c3n(-c3ccccc3)c12. The summed E-state index contributed by atoms with van der Waals surface area (Å²) in [6.45, 7) is 6.70. The number of ether oxygens (including phenoxy) is 1. The van der Waals surface area contributed by atoms with Crippen LogP contribution in [-0.4, -0.2) is 82.7 Å². The molecule has 1 aliphatic rings. The molecule has 12 N–H and O–H groups in total. The standard InChI is InChI=1S/C58H38BN3O15/c1-19-20(2)43(63)21(3)28-32-39(60(36(19)28)26-17-15-24(16-18-26)23-11-7-5-8-12-23)52(72)58-42-55(32)75-56-40-27(22(4)44(64)54(56)74)29-41(62(40)42)57(76-77-58)49(69)34(45(29)65)33-46(66)31-30-37(35(59)50(70)53(73)47(30)67)61(25-13-9-6-10-14-25)38(31)51(71)48(33)68/h5-18,63-74H,1-4H3. The van der Waals surface area contributed by atoms with Crippen molar-refractivity contribution in [1.82, 2.24) is 13.5 Å². The second kappa shape index (κ2) is 14.8. The fraction of sp³-hybridized carbons (Fsp3) is 0.0690. The van der Waals surface area contributed by atoms with Gasteiger partial charge in [-0.05, 0) is 79.7 Å². The van der Waals surface area contributed by atoms with Crippen LogP contribution < -0.4 is 10.2 Å². The lowest BCUT2D eigenvalue weighted by Crippen LogP contribution is -2.09. The van der Waals surface area contributed by atoms with E-state index in [1.54, 1.807) is 48.7 Å². The van der Waals surface area contributed by atoms with E-state index >= 15 is 0 Å². The van der Waals surface area contributed by atoms with Crippen LogP contribution >= 0.6 is 0 Å². The number of fused-ring (bicyclic) bond motifs is 8. The second-order valence-electron chi connectivity index (χ2n) is 19.4. The lowest BCUT2D eigenvalue weighted by atomic mass is 9.90. The maximum absolute atomic E-state index is 13.0. The molecule has 9 aromatic carbocycles. The zero-order valence-corrected chi connectivity index (χ0v) is 40.6. The van der Waals surface area contributed by atoms with Crippen LogP contribution in [0.1, 0.15) is 22.3 Å². The lowest BCUT2D eigenvalue weighted by Gasteiger charge is -2.20. The molecule has 0 saturated carbocycles. The molecule has 77 heavy (non-hydrogen) atoms. The molecule has 2 radical (unpaired) electrons. The Morgan fingerprint density at radius 1 is 0.338 bits per heavy atom. The van der Waals surface area contributed by atoms with Crippen LogP contribution in [0.3, 0.4) is 0 Å². The fourth-order valence-corrected chi connectivity index (χ4v) is 11.9. The summed E-state index contributed by atoms with van der Waals surface area (Å²) in [5, 5.41) is 144. The molecule has 14 rings (SSSR count). The fourth-order valence-electron chi connectivity index (χ4n) is 11.9. The van der Waals surface area contributed by atoms with Crippen molar-refractivity contribution < 1.29 is 75.2 Å². The predicted octanol–water partition coefficient (Wildman–Crippen LogP) is 11.3. The Morgan fingerprint density at radius 2 is 0.857 bits per heavy atom. The molecule has 0 fully saturated rings. The number of nitrogens with zero attached hydrogens (tertiary/aromatic N) is 3. The monoisotopic (exact) mass is 1030 g/mol. The molecule has 0 aliphatic carbocycles. The van der Waals surface area contributed by atoms with Crippen molar-refractivity contribution in [2.45, 2.75) is 27.7 Å². The zero-order valence-electron chi connectivity index (χ0n) is 40.6. The second-order valence-corrected chi connectivity index (χ2v) is 19.4. The van der Waals surface area contributed by atoms with Crippen molar-refractivity contribution in [1.29, 1.82) is 0 Å². The van der Waals surface area contributed by atoms with Gasteiger partial charge in [0, 0.05) is 33.3 Å². The van der Waals surface area contributed by atoms with Gasteiger partial charge >= 0.3 is 0 Å².